The number of aromatic nitrogens is 2. The van der Waals surface area contributed by atoms with Crippen LogP contribution in [0.4, 0.5) is 0 Å². The van der Waals surface area contributed by atoms with E-state index < -0.39 is 6.29 Å². The van der Waals surface area contributed by atoms with Crippen LogP contribution in [-0.2, 0) is 6.61 Å². The fraction of sp³-hybridized carbons (Fsp3) is 0.182. The number of nitrogens with one attached hydrogen (secondary N) is 1. The lowest BCUT2D eigenvalue weighted by atomic mass is 10.0. The van der Waals surface area contributed by atoms with Gasteiger partial charge in [-0.25, -0.2) is 0 Å². The lowest BCUT2D eigenvalue weighted by molar-refractivity contribution is -0.0469. The SMILES string of the molecule is OC(O)c1[nH]nc2c1COc1ccccc1-2. The van der Waals surface area contributed by atoms with Gasteiger partial charge in [0.15, 0.2) is 6.29 Å². The predicted octanol–water partition coefficient (Wildman–Crippen LogP) is 0.952. The minimum absolute atomic E-state index is 0.296. The Labute approximate surface area is 91.3 Å². The zero-order valence-electron chi connectivity index (χ0n) is 8.34. The molecule has 1 aromatic heterocycles. The van der Waals surface area contributed by atoms with Gasteiger partial charge in [-0.3, -0.25) is 5.10 Å². The van der Waals surface area contributed by atoms with Crippen LogP contribution in [0.2, 0.25) is 0 Å². The number of aromatic amines is 1. The molecule has 0 amide bonds. The van der Waals surface area contributed by atoms with Gasteiger partial charge in [-0.15, -0.1) is 0 Å². The Morgan fingerprint density at radius 2 is 2.12 bits per heavy atom. The lowest BCUT2D eigenvalue weighted by Gasteiger charge is -2.17. The van der Waals surface area contributed by atoms with Crippen LogP contribution in [0.5, 0.6) is 5.75 Å². The second kappa shape index (κ2) is 3.33. The smallest absolute Gasteiger partial charge is 0.195 e. The Kier molecular flexibility index (Phi) is 1.95. The Balaban J connectivity index is 2.19. The van der Waals surface area contributed by atoms with E-state index >= 15 is 0 Å². The van der Waals surface area contributed by atoms with E-state index in [1.54, 1.807) is 0 Å². The summed E-state index contributed by atoms with van der Waals surface area (Å²) in [5.41, 5.74) is 2.59. The van der Waals surface area contributed by atoms with Gasteiger partial charge in [0, 0.05) is 11.1 Å². The molecule has 1 aromatic carbocycles. The summed E-state index contributed by atoms with van der Waals surface area (Å²) in [4.78, 5) is 0. The molecule has 1 aliphatic rings. The van der Waals surface area contributed by atoms with Crippen molar-refractivity contribution in [3.63, 3.8) is 0 Å². The third-order valence-corrected chi connectivity index (χ3v) is 2.67. The molecule has 0 aliphatic carbocycles. The van der Waals surface area contributed by atoms with Gasteiger partial charge in [-0.1, -0.05) is 12.1 Å². The molecule has 2 heterocycles. The second-order valence-corrected chi connectivity index (χ2v) is 3.62. The average molecular weight is 218 g/mol. The summed E-state index contributed by atoms with van der Waals surface area (Å²) in [6.45, 7) is 0.301. The van der Waals surface area contributed by atoms with Crippen LogP contribution in [0.15, 0.2) is 24.3 Å². The van der Waals surface area contributed by atoms with Crippen LogP contribution in [0.1, 0.15) is 17.5 Å². The Morgan fingerprint density at radius 3 is 2.94 bits per heavy atom. The molecule has 0 spiro atoms. The average Bonchev–Trinajstić information content (AvgIpc) is 2.73. The van der Waals surface area contributed by atoms with Crippen LogP contribution in [-0.4, -0.2) is 20.4 Å². The maximum absolute atomic E-state index is 9.15. The van der Waals surface area contributed by atoms with Crippen LogP contribution in [0.25, 0.3) is 11.3 Å². The fourth-order valence-corrected chi connectivity index (χ4v) is 1.90. The summed E-state index contributed by atoms with van der Waals surface area (Å²) in [5.74, 6) is 0.764. The first-order valence-corrected chi connectivity index (χ1v) is 4.93. The molecule has 5 nitrogen and oxygen atoms in total. The van der Waals surface area contributed by atoms with Gasteiger partial charge in [-0.2, -0.15) is 5.10 Å². The summed E-state index contributed by atoms with van der Waals surface area (Å²) >= 11 is 0. The molecule has 16 heavy (non-hydrogen) atoms. The topological polar surface area (TPSA) is 78.4 Å². The molecule has 3 rings (SSSR count). The van der Waals surface area contributed by atoms with Crippen molar-refractivity contribution in [2.45, 2.75) is 12.9 Å². The molecule has 0 atom stereocenters. The molecule has 0 saturated carbocycles. The van der Waals surface area contributed by atoms with E-state index in [4.69, 9.17) is 14.9 Å². The number of nitrogens with zero attached hydrogens (tertiary/aromatic N) is 1. The molecule has 0 bridgehead atoms. The quantitative estimate of drug-likeness (QED) is 0.623. The predicted molar refractivity (Wildman–Crippen MR) is 55.5 cm³/mol. The van der Waals surface area contributed by atoms with E-state index in [1.807, 2.05) is 24.3 Å². The summed E-state index contributed by atoms with van der Waals surface area (Å²) < 4.78 is 5.52. The summed E-state index contributed by atoms with van der Waals surface area (Å²) in [6.07, 6.45) is -1.55. The molecule has 0 radical (unpaired) electrons. The van der Waals surface area contributed by atoms with Crippen molar-refractivity contribution in [3.8, 4) is 17.0 Å². The molecule has 2 aromatic rings. The molecular formula is C11H10N2O3. The van der Waals surface area contributed by atoms with Gasteiger partial charge >= 0.3 is 0 Å². The number of rotatable bonds is 1. The van der Waals surface area contributed by atoms with E-state index in [2.05, 4.69) is 10.2 Å². The molecule has 0 unspecified atom stereocenters. The normalized spacial score (nSPS) is 13.2. The molecular weight excluding hydrogens is 208 g/mol. The van der Waals surface area contributed by atoms with Gasteiger partial charge < -0.3 is 14.9 Å². The Bertz CT molecular complexity index is 534. The summed E-state index contributed by atoms with van der Waals surface area (Å²) in [6, 6.07) is 7.53. The maximum Gasteiger partial charge on any atom is 0.195 e. The van der Waals surface area contributed by atoms with Crippen LogP contribution in [0, 0.1) is 0 Å². The minimum atomic E-state index is -1.55. The largest absolute Gasteiger partial charge is 0.488 e. The standard InChI is InChI=1S/C11H10N2O3/c14-11(15)10-7-5-16-8-4-2-1-3-6(8)9(7)12-13-10/h1-4,11,14-15H,5H2,(H,12,13). The van der Waals surface area contributed by atoms with E-state index in [-0.39, 0.29) is 0 Å². The number of hydrogen-bond acceptors (Lipinski definition) is 4. The summed E-state index contributed by atoms with van der Waals surface area (Å²) in [7, 11) is 0. The molecule has 3 N–H and O–H groups in total. The Hall–Kier alpha value is -1.85. The highest BCUT2D eigenvalue weighted by molar-refractivity contribution is 5.72. The third-order valence-electron chi connectivity index (χ3n) is 2.67. The van der Waals surface area contributed by atoms with Crippen molar-refractivity contribution in [1.82, 2.24) is 10.2 Å². The van der Waals surface area contributed by atoms with Crippen LogP contribution in [0.3, 0.4) is 0 Å². The zero-order valence-corrected chi connectivity index (χ0v) is 8.34. The lowest BCUT2D eigenvalue weighted by Crippen LogP contribution is -2.08. The molecule has 1 aliphatic heterocycles. The number of hydrogen-bond donors (Lipinski definition) is 3. The van der Waals surface area contributed by atoms with Crippen molar-refractivity contribution in [2.24, 2.45) is 0 Å². The number of aliphatic hydroxyl groups excluding tert-OH is 1. The monoisotopic (exact) mass is 218 g/mol. The number of aliphatic hydroxyl groups is 2. The highest BCUT2D eigenvalue weighted by Gasteiger charge is 2.25. The van der Waals surface area contributed by atoms with Crippen LogP contribution >= 0.6 is 0 Å². The number of H-pyrrole nitrogens is 1. The van der Waals surface area contributed by atoms with Gasteiger partial charge in [0.05, 0.1) is 5.69 Å². The third kappa shape index (κ3) is 1.22. The van der Waals surface area contributed by atoms with Crippen LogP contribution < -0.4 is 4.74 Å². The zero-order chi connectivity index (χ0) is 11.1. The van der Waals surface area contributed by atoms with Gasteiger partial charge in [-0.05, 0) is 12.1 Å². The van der Waals surface area contributed by atoms with Crippen molar-refractivity contribution in [3.05, 3.63) is 35.5 Å². The first-order chi connectivity index (χ1) is 7.77. The fourth-order valence-electron chi connectivity index (χ4n) is 1.90. The highest BCUT2D eigenvalue weighted by Crippen LogP contribution is 2.37. The second-order valence-electron chi connectivity index (χ2n) is 3.62. The van der Waals surface area contributed by atoms with Crippen molar-refractivity contribution < 1.29 is 14.9 Å². The first-order valence-electron chi connectivity index (χ1n) is 4.93. The number of para-hydroxylation sites is 1. The van der Waals surface area contributed by atoms with Gasteiger partial charge in [0.25, 0.3) is 0 Å². The summed E-state index contributed by atoms with van der Waals surface area (Å²) in [5, 5.41) is 25.0. The number of benzene rings is 1. The minimum Gasteiger partial charge on any atom is -0.488 e. The number of fused-ring (bicyclic) bond motifs is 3. The van der Waals surface area contributed by atoms with Crippen molar-refractivity contribution in [1.29, 1.82) is 0 Å². The van der Waals surface area contributed by atoms with Gasteiger partial charge in [0.2, 0.25) is 0 Å². The Morgan fingerprint density at radius 1 is 1.31 bits per heavy atom. The van der Waals surface area contributed by atoms with E-state index in [9.17, 15) is 0 Å². The van der Waals surface area contributed by atoms with E-state index in [1.165, 1.54) is 0 Å². The number of ether oxygens (including phenoxy) is 1. The molecule has 82 valence electrons. The molecule has 0 saturated heterocycles. The highest BCUT2D eigenvalue weighted by atomic mass is 16.5. The van der Waals surface area contributed by atoms with Crippen molar-refractivity contribution >= 4 is 0 Å². The van der Waals surface area contributed by atoms with Crippen molar-refractivity contribution in [2.75, 3.05) is 0 Å². The van der Waals surface area contributed by atoms with E-state index in [0.29, 0.717) is 17.9 Å². The molecule has 5 heteroatoms. The first kappa shape index (κ1) is 9.38. The maximum atomic E-state index is 9.15. The van der Waals surface area contributed by atoms with Gasteiger partial charge in [0.1, 0.15) is 18.1 Å². The van der Waals surface area contributed by atoms with E-state index in [0.717, 1.165) is 17.0 Å². The molecule has 0 fully saturated rings.